The summed E-state index contributed by atoms with van der Waals surface area (Å²) in [6.45, 7) is 0. The van der Waals surface area contributed by atoms with E-state index in [0.29, 0.717) is 22.5 Å². The molecule has 11 nitrogen and oxygen atoms in total. The summed E-state index contributed by atoms with van der Waals surface area (Å²) in [5.41, 5.74) is 14.1. The van der Waals surface area contributed by atoms with Crippen LogP contribution in [0.4, 0.5) is 5.82 Å². The number of anilines is 1. The van der Waals surface area contributed by atoms with Crippen molar-refractivity contribution in [1.29, 1.82) is 0 Å². The first-order valence-electron chi connectivity index (χ1n) is 7.98. The molecule has 28 heavy (non-hydrogen) atoms. The Morgan fingerprint density at radius 1 is 1.00 bits per heavy atom. The molecule has 0 saturated carbocycles. The summed E-state index contributed by atoms with van der Waals surface area (Å²) < 4.78 is 0. The number of carbonyl (C=O) groups excluding carboxylic acids is 1. The molecular formula is C17H16N10O. The molecular weight excluding hydrogens is 360 g/mol. The monoisotopic (exact) mass is 376 g/mol. The Morgan fingerprint density at radius 2 is 1.86 bits per heavy atom. The van der Waals surface area contributed by atoms with Crippen LogP contribution in [0.3, 0.4) is 0 Å². The molecule has 0 radical (unpaired) electrons. The van der Waals surface area contributed by atoms with Crippen molar-refractivity contribution < 1.29 is 4.79 Å². The van der Waals surface area contributed by atoms with Crippen molar-refractivity contribution in [2.75, 3.05) is 5.73 Å². The predicted molar refractivity (Wildman–Crippen MR) is 103 cm³/mol. The lowest BCUT2D eigenvalue weighted by atomic mass is 10.3. The van der Waals surface area contributed by atoms with Gasteiger partial charge in [-0.3, -0.25) is 19.9 Å². The van der Waals surface area contributed by atoms with E-state index >= 15 is 0 Å². The van der Waals surface area contributed by atoms with Crippen LogP contribution in [0.1, 0.15) is 10.4 Å². The van der Waals surface area contributed by atoms with Gasteiger partial charge in [-0.1, -0.05) is 0 Å². The summed E-state index contributed by atoms with van der Waals surface area (Å²) in [6, 6.07) is 7.10. The van der Waals surface area contributed by atoms with Crippen LogP contribution >= 0.6 is 0 Å². The first kappa shape index (κ1) is 18.4. The van der Waals surface area contributed by atoms with Crippen LogP contribution in [0.25, 0.3) is 22.2 Å². The van der Waals surface area contributed by atoms with Crippen molar-refractivity contribution in [2.45, 2.75) is 0 Å². The fourth-order valence-corrected chi connectivity index (χ4v) is 2.07. The van der Waals surface area contributed by atoms with E-state index in [9.17, 15) is 4.79 Å². The lowest BCUT2D eigenvalue weighted by molar-refractivity contribution is 0.1000. The SMILES string of the molecule is NC(=O)c1cccnc1.Nc1ncnc2nc[nH]c12.c1cnc2cn[nH]c2c1. The third-order valence-corrected chi connectivity index (χ3v) is 3.41. The van der Waals surface area contributed by atoms with Gasteiger partial charge in [0, 0.05) is 18.6 Å². The number of H-pyrrole nitrogens is 2. The van der Waals surface area contributed by atoms with Gasteiger partial charge in [-0.15, -0.1) is 0 Å². The number of fused-ring (bicyclic) bond motifs is 2. The van der Waals surface area contributed by atoms with E-state index in [0.717, 1.165) is 11.0 Å². The second-order valence-electron chi connectivity index (χ2n) is 5.27. The van der Waals surface area contributed by atoms with Crippen LogP contribution in [0.5, 0.6) is 0 Å². The van der Waals surface area contributed by atoms with E-state index in [1.54, 1.807) is 30.7 Å². The zero-order valence-electron chi connectivity index (χ0n) is 14.5. The maximum Gasteiger partial charge on any atom is 0.250 e. The molecule has 0 aliphatic heterocycles. The van der Waals surface area contributed by atoms with E-state index in [1.807, 2.05) is 12.1 Å². The summed E-state index contributed by atoms with van der Waals surface area (Å²) in [6.07, 6.45) is 9.40. The molecule has 0 aliphatic rings. The molecule has 0 atom stereocenters. The van der Waals surface area contributed by atoms with Crippen molar-refractivity contribution in [3.63, 3.8) is 0 Å². The number of primary amides is 1. The molecule has 11 heteroatoms. The van der Waals surface area contributed by atoms with Crippen molar-refractivity contribution in [3.05, 3.63) is 67.3 Å². The summed E-state index contributed by atoms with van der Waals surface area (Å²) in [5, 5.41) is 6.62. The molecule has 0 fully saturated rings. The van der Waals surface area contributed by atoms with Crippen molar-refractivity contribution in [1.82, 2.24) is 40.1 Å². The number of carbonyl (C=O) groups is 1. The largest absolute Gasteiger partial charge is 0.382 e. The van der Waals surface area contributed by atoms with E-state index in [4.69, 9.17) is 11.5 Å². The molecule has 0 unspecified atom stereocenters. The van der Waals surface area contributed by atoms with Crippen molar-refractivity contribution >= 4 is 33.9 Å². The number of nitrogens with one attached hydrogen (secondary N) is 2. The fourth-order valence-electron chi connectivity index (χ4n) is 2.07. The normalized spacial score (nSPS) is 9.86. The minimum absolute atomic E-state index is 0.433. The third-order valence-electron chi connectivity index (χ3n) is 3.41. The molecule has 0 aliphatic carbocycles. The van der Waals surface area contributed by atoms with Gasteiger partial charge in [0.15, 0.2) is 11.5 Å². The highest BCUT2D eigenvalue weighted by atomic mass is 16.1. The quantitative estimate of drug-likeness (QED) is 0.335. The average Bonchev–Trinajstić information content (AvgIpc) is 3.40. The van der Waals surface area contributed by atoms with E-state index in [2.05, 4.69) is 40.1 Å². The lowest BCUT2D eigenvalue weighted by Gasteiger charge is -1.89. The topological polar surface area (TPSA) is 178 Å². The number of amides is 1. The highest BCUT2D eigenvalue weighted by Crippen LogP contribution is 2.09. The van der Waals surface area contributed by atoms with Crippen LogP contribution in [0.2, 0.25) is 0 Å². The van der Waals surface area contributed by atoms with Crippen LogP contribution in [0, 0.1) is 0 Å². The Kier molecular flexibility index (Phi) is 5.78. The molecule has 1 amide bonds. The Hall–Kier alpha value is -4.41. The Morgan fingerprint density at radius 3 is 2.54 bits per heavy atom. The smallest absolute Gasteiger partial charge is 0.250 e. The van der Waals surface area contributed by atoms with Gasteiger partial charge in [-0.05, 0) is 24.3 Å². The molecule has 140 valence electrons. The number of hydrogen-bond donors (Lipinski definition) is 4. The minimum atomic E-state index is -0.442. The average molecular weight is 376 g/mol. The summed E-state index contributed by atoms with van der Waals surface area (Å²) in [5.74, 6) is -0.00870. The number of hydrogen-bond acceptors (Lipinski definition) is 8. The zero-order chi connectivity index (χ0) is 19.8. The number of imidazole rings is 1. The van der Waals surface area contributed by atoms with Gasteiger partial charge in [-0.2, -0.15) is 5.10 Å². The molecule has 0 aromatic carbocycles. The van der Waals surface area contributed by atoms with Gasteiger partial charge in [0.1, 0.15) is 17.4 Å². The molecule has 0 saturated heterocycles. The van der Waals surface area contributed by atoms with E-state index < -0.39 is 5.91 Å². The summed E-state index contributed by atoms with van der Waals surface area (Å²) in [7, 11) is 0. The zero-order valence-corrected chi connectivity index (χ0v) is 14.5. The third kappa shape index (κ3) is 4.60. The molecule has 5 rings (SSSR count). The minimum Gasteiger partial charge on any atom is -0.382 e. The Labute approximate surface area is 158 Å². The van der Waals surface area contributed by atoms with Gasteiger partial charge in [-0.25, -0.2) is 15.0 Å². The number of aromatic amines is 2. The lowest BCUT2D eigenvalue weighted by Crippen LogP contribution is -2.10. The summed E-state index contributed by atoms with van der Waals surface area (Å²) >= 11 is 0. The number of rotatable bonds is 1. The molecule has 0 bridgehead atoms. The molecule has 0 spiro atoms. The number of nitrogens with zero attached hydrogens (tertiary/aromatic N) is 6. The number of nitrogens with two attached hydrogens (primary N) is 2. The molecule has 5 aromatic rings. The highest BCUT2D eigenvalue weighted by molar-refractivity contribution is 5.92. The van der Waals surface area contributed by atoms with Gasteiger partial charge in [0.2, 0.25) is 5.91 Å². The number of pyridine rings is 2. The fraction of sp³-hybridized carbons (Fsp3) is 0. The first-order valence-corrected chi connectivity index (χ1v) is 7.98. The Bertz CT molecular complexity index is 1140. The van der Waals surface area contributed by atoms with E-state index in [1.165, 1.54) is 18.9 Å². The highest BCUT2D eigenvalue weighted by Gasteiger charge is 1.99. The molecule has 5 heterocycles. The molecule has 5 aromatic heterocycles. The van der Waals surface area contributed by atoms with Crippen LogP contribution < -0.4 is 11.5 Å². The maximum atomic E-state index is 10.4. The van der Waals surface area contributed by atoms with Gasteiger partial charge >= 0.3 is 0 Å². The summed E-state index contributed by atoms with van der Waals surface area (Å²) in [4.78, 5) is 32.5. The van der Waals surface area contributed by atoms with Crippen LogP contribution in [0.15, 0.2) is 61.7 Å². The number of aromatic nitrogens is 8. The van der Waals surface area contributed by atoms with Gasteiger partial charge < -0.3 is 16.5 Å². The van der Waals surface area contributed by atoms with Crippen molar-refractivity contribution in [3.8, 4) is 0 Å². The second kappa shape index (κ2) is 8.80. The molecule has 6 N–H and O–H groups in total. The Balaban J connectivity index is 0.000000121. The second-order valence-corrected chi connectivity index (χ2v) is 5.27. The van der Waals surface area contributed by atoms with Crippen molar-refractivity contribution in [2.24, 2.45) is 5.73 Å². The predicted octanol–water partition coefficient (Wildman–Crippen LogP) is 1.07. The van der Waals surface area contributed by atoms with Crippen LogP contribution in [-0.2, 0) is 0 Å². The standard InChI is InChI=1S/C6H5N3.C6H6N2O.C5H5N5/c1-2-5-6(7-3-1)4-8-9-5;7-6(9)5-2-1-3-8-4-5;6-4-3-5(9-1-7-3)10-2-8-4/h1-4H,(H,8,9);1-4H,(H2,7,9);1-2H,(H3,6,7,8,9,10). The first-order chi connectivity index (χ1) is 13.6. The number of nitrogen functional groups attached to an aromatic ring is 1. The van der Waals surface area contributed by atoms with Crippen LogP contribution in [-0.4, -0.2) is 46.0 Å². The van der Waals surface area contributed by atoms with Gasteiger partial charge in [0.25, 0.3) is 0 Å². The maximum absolute atomic E-state index is 10.4. The van der Waals surface area contributed by atoms with E-state index in [-0.39, 0.29) is 0 Å². The van der Waals surface area contributed by atoms with Gasteiger partial charge in [0.05, 0.1) is 23.6 Å².